The van der Waals surface area contributed by atoms with Gasteiger partial charge in [0.25, 0.3) is 5.91 Å². The Morgan fingerprint density at radius 1 is 1.39 bits per heavy atom. The zero-order valence-corrected chi connectivity index (χ0v) is 10.3. The first kappa shape index (κ1) is 14.0. The van der Waals surface area contributed by atoms with Crippen LogP contribution in [-0.4, -0.2) is 39.2 Å². The topological polar surface area (TPSA) is 77.8 Å². The summed E-state index contributed by atoms with van der Waals surface area (Å²) in [5.41, 5.74) is 0. The van der Waals surface area contributed by atoms with Crippen LogP contribution in [0.15, 0.2) is 22.6 Å². The molecule has 18 heavy (non-hydrogen) atoms. The average Bonchev–Trinajstić information content (AvgIpc) is 2.85. The van der Waals surface area contributed by atoms with Crippen LogP contribution < -0.4 is 5.32 Å². The number of ether oxygens (including phenoxy) is 2. The van der Waals surface area contributed by atoms with Gasteiger partial charge < -0.3 is 19.2 Å². The Balaban J connectivity index is 2.54. The van der Waals surface area contributed by atoms with Crippen LogP contribution in [-0.2, 0) is 14.3 Å². The Morgan fingerprint density at radius 2 is 2.17 bits per heavy atom. The molecule has 0 atom stereocenters. The lowest BCUT2D eigenvalue weighted by atomic mass is 10.4. The second kappa shape index (κ2) is 7.29. The third-order valence-corrected chi connectivity index (χ3v) is 2.03. The molecule has 0 aliphatic carbocycles. The lowest BCUT2D eigenvalue weighted by molar-refractivity contribution is -0.134. The van der Waals surface area contributed by atoms with Crippen molar-refractivity contribution < 1.29 is 23.5 Å². The molecule has 1 N–H and O–H groups in total. The average molecular weight is 253 g/mol. The molecule has 1 heterocycles. The number of esters is 1. The smallest absolute Gasteiger partial charge is 0.330 e. The van der Waals surface area contributed by atoms with Crippen molar-refractivity contribution >= 4 is 18.0 Å². The Hall–Kier alpha value is -2.08. The molecule has 1 aromatic heterocycles. The van der Waals surface area contributed by atoms with Crippen molar-refractivity contribution in [2.24, 2.45) is 0 Å². The van der Waals surface area contributed by atoms with Gasteiger partial charge in [-0.25, -0.2) is 4.79 Å². The van der Waals surface area contributed by atoms with E-state index in [4.69, 9.17) is 9.15 Å². The van der Waals surface area contributed by atoms with Crippen molar-refractivity contribution in [3.63, 3.8) is 0 Å². The van der Waals surface area contributed by atoms with E-state index in [-0.39, 0.29) is 11.7 Å². The quantitative estimate of drug-likeness (QED) is 0.462. The van der Waals surface area contributed by atoms with Crippen LogP contribution in [0.2, 0.25) is 0 Å². The molecule has 1 rings (SSSR count). The first-order valence-corrected chi connectivity index (χ1v) is 5.30. The van der Waals surface area contributed by atoms with Gasteiger partial charge in [-0.15, -0.1) is 0 Å². The number of methoxy groups -OCH3 is 2. The Labute approximate surface area is 105 Å². The SMILES string of the molecule is COCCNC(=O)c1ccc(C=CC(=O)OC)o1. The van der Waals surface area contributed by atoms with Gasteiger partial charge in [-0.1, -0.05) is 0 Å². The molecule has 98 valence electrons. The van der Waals surface area contributed by atoms with Gasteiger partial charge in [0.2, 0.25) is 0 Å². The number of carbonyl (C=O) groups is 2. The highest BCUT2D eigenvalue weighted by molar-refractivity contribution is 5.92. The third kappa shape index (κ3) is 4.42. The summed E-state index contributed by atoms with van der Waals surface area (Å²) in [6.45, 7) is 0.838. The molecule has 0 radical (unpaired) electrons. The fourth-order valence-electron chi connectivity index (χ4n) is 1.14. The molecule has 0 aliphatic heterocycles. The van der Waals surface area contributed by atoms with E-state index in [9.17, 15) is 9.59 Å². The molecule has 0 aromatic carbocycles. The molecule has 0 bridgehead atoms. The van der Waals surface area contributed by atoms with E-state index in [0.717, 1.165) is 0 Å². The highest BCUT2D eigenvalue weighted by atomic mass is 16.5. The maximum Gasteiger partial charge on any atom is 0.330 e. The second-order valence-electron chi connectivity index (χ2n) is 3.31. The van der Waals surface area contributed by atoms with Crippen LogP contribution in [0.3, 0.4) is 0 Å². The normalized spacial score (nSPS) is 10.6. The molecule has 0 saturated heterocycles. The summed E-state index contributed by atoms with van der Waals surface area (Å²) in [5, 5.41) is 2.62. The summed E-state index contributed by atoms with van der Waals surface area (Å²) in [5.74, 6) is -0.241. The minimum atomic E-state index is -0.488. The number of hydrogen-bond donors (Lipinski definition) is 1. The van der Waals surface area contributed by atoms with Gasteiger partial charge >= 0.3 is 5.97 Å². The van der Waals surface area contributed by atoms with Crippen molar-refractivity contribution in [2.45, 2.75) is 0 Å². The van der Waals surface area contributed by atoms with E-state index in [1.165, 1.54) is 25.3 Å². The standard InChI is InChI=1S/C12H15NO5/c1-16-8-7-13-12(15)10-5-3-9(18-10)4-6-11(14)17-2/h3-6H,7-8H2,1-2H3,(H,13,15). The van der Waals surface area contributed by atoms with Crippen molar-refractivity contribution in [3.05, 3.63) is 29.7 Å². The highest BCUT2D eigenvalue weighted by Gasteiger charge is 2.09. The summed E-state index contributed by atoms with van der Waals surface area (Å²) >= 11 is 0. The predicted molar refractivity (Wildman–Crippen MR) is 64.0 cm³/mol. The largest absolute Gasteiger partial charge is 0.466 e. The number of nitrogens with one attached hydrogen (secondary N) is 1. The molecule has 6 heteroatoms. The second-order valence-corrected chi connectivity index (χ2v) is 3.31. The van der Waals surface area contributed by atoms with Crippen molar-refractivity contribution in [1.29, 1.82) is 0 Å². The monoisotopic (exact) mass is 253 g/mol. The van der Waals surface area contributed by atoms with Gasteiger partial charge in [0.15, 0.2) is 5.76 Å². The van der Waals surface area contributed by atoms with Crippen LogP contribution in [0.5, 0.6) is 0 Å². The third-order valence-electron chi connectivity index (χ3n) is 2.03. The minimum Gasteiger partial charge on any atom is -0.466 e. The molecule has 0 saturated carbocycles. The van der Waals surface area contributed by atoms with E-state index in [0.29, 0.717) is 18.9 Å². The molecule has 0 unspecified atom stereocenters. The van der Waals surface area contributed by atoms with E-state index in [1.54, 1.807) is 13.2 Å². The van der Waals surface area contributed by atoms with E-state index in [2.05, 4.69) is 10.1 Å². The lowest BCUT2D eigenvalue weighted by Gasteiger charge is -2.00. The fourth-order valence-corrected chi connectivity index (χ4v) is 1.14. The number of hydrogen-bond acceptors (Lipinski definition) is 5. The highest BCUT2D eigenvalue weighted by Crippen LogP contribution is 2.09. The molecular formula is C12H15NO5. The predicted octanol–water partition coefficient (Wildman–Crippen LogP) is 0.842. The maximum atomic E-state index is 11.6. The first-order chi connectivity index (χ1) is 8.67. The Bertz CT molecular complexity index is 435. The molecule has 0 spiro atoms. The van der Waals surface area contributed by atoms with Crippen molar-refractivity contribution in [3.8, 4) is 0 Å². The van der Waals surface area contributed by atoms with Gasteiger partial charge in [-0.3, -0.25) is 4.79 Å². The minimum absolute atomic E-state index is 0.176. The van der Waals surface area contributed by atoms with Gasteiger partial charge in [0.1, 0.15) is 5.76 Å². The number of carbonyl (C=O) groups excluding carboxylic acids is 2. The van der Waals surface area contributed by atoms with Crippen LogP contribution in [0, 0.1) is 0 Å². The van der Waals surface area contributed by atoms with Crippen molar-refractivity contribution in [1.82, 2.24) is 5.32 Å². The number of furan rings is 1. The summed E-state index contributed by atoms with van der Waals surface area (Å²) in [7, 11) is 2.83. The van der Waals surface area contributed by atoms with Crippen LogP contribution in [0.1, 0.15) is 16.3 Å². The molecular weight excluding hydrogens is 238 g/mol. The molecule has 6 nitrogen and oxygen atoms in total. The summed E-state index contributed by atoms with van der Waals surface area (Å²) < 4.78 is 14.5. The van der Waals surface area contributed by atoms with Gasteiger partial charge in [-0.05, 0) is 18.2 Å². The lowest BCUT2D eigenvalue weighted by Crippen LogP contribution is -2.26. The van der Waals surface area contributed by atoms with Gasteiger partial charge in [-0.2, -0.15) is 0 Å². The number of amides is 1. The number of rotatable bonds is 6. The molecule has 1 aromatic rings. The van der Waals surface area contributed by atoms with Crippen LogP contribution >= 0.6 is 0 Å². The Morgan fingerprint density at radius 3 is 2.83 bits per heavy atom. The van der Waals surface area contributed by atoms with Gasteiger partial charge in [0, 0.05) is 19.7 Å². The van der Waals surface area contributed by atoms with Crippen LogP contribution in [0.4, 0.5) is 0 Å². The molecule has 0 fully saturated rings. The fraction of sp³-hybridized carbons (Fsp3) is 0.333. The maximum absolute atomic E-state index is 11.6. The summed E-state index contributed by atoms with van der Waals surface area (Å²) in [6, 6.07) is 3.11. The first-order valence-electron chi connectivity index (χ1n) is 5.30. The van der Waals surface area contributed by atoms with E-state index >= 15 is 0 Å². The van der Waals surface area contributed by atoms with E-state index in [1.807, 2.05) is 0 Å². The Kier molecular flexibility index (Phi) is 5.66. The van der Waals surface area contributed by atoms with Crippen LogP contribution in [0.25, 0.3) is 6.08 Å². The molecule has 1 amide bonds. The van der Waals surface area contributed by atoms with Crippen molar-refractivity contribution in [2.75, 3.05) is 27.4 Å². The van der Waals surface area contributed by atoms with Gasteiger partial charge in [0.05, 0.1) is 13.7 Å². The zero-order chi connectivity index (χ0) is 13.4. The zero-order valence-electron chi connectivity index (χ0n) is 10.3. The summed E-state index contributed by atoms with van der Waals surface area (Å²) in [6.07, 6.45) is 2.64. The summed E-state index contributed by atoms with van der Waals surface area (Å²) in [4.78, 5) is 22.4. The van der Waals surface area contributed by atoms with E-state index < -0.39 is 5.97 Å². The molecule has 0 aliphatic rings.